The molecule has 3 aromatic rings. The third-order valence-electron chi connectivity index (χ3n) is 3.26. The molecule has 0 saturated heterocycles. The molecular formula is C14H14FN3. The highest BCUT2D eigenvalue weighted by atomic mass is 19.1. The average Bonchev–Trinajstić information content (AvgIpc) is 2.93. The van der Waals surface area contributed by atoms with Gasteiger partial charge >= 0.3 is 0 Å². The van der Waals surface area contributed by atoms with Gasteiger partial charge < -0.3 is 4.57 Å². The molecule has 0 unspecified atom stereocenters. The van der Waals surface area contributed by atoms with Gasteiger partial charge in [-0.2, -0.15) is 5.10 Å². The SMILES string of the molecule is Cn1nccc1CCn1ccc2cc(F)ccc21. The van der Waals surface area contributed by atoms with Crippen LogP contribution in [0.25, 0.3) is 10.9 Å². The molecular weight excluding hydrogens is 229 g/mol. The Hall–Kier alpha value is -2.10. The van der Waals surface area contributed by atoms with Crippen molar-refractivity contribution in [2.75, 3.05) is 0 Å². The van der Waals surface area contributed by atoms with Crippen molar-refractivity contribution in [3.05, 3.63) is 54.2 Å². The summed E-state index contributed by atoms with van der Waals surface area (Å²) in [6.07, 6.45) is 4.72. The number of aromatic nitrogens is 3. The van der Waals surface area contributed by atoms with Crippen LogP contribution >= 0.6 is 0 Å². The van der Waals surface area contributed by atoms with Crippen LogP contribution in [0.3, 0.4) is 0 Å². The molecule has 0 amide bonds. The molecule has 0 atom stereocenters. The first-order valence-electron chi connectivity index (χ1n) is 5.95. The van der Waals surface area contributed by atoms with Gasteiger partial charge in [-0.15, -0.1) is 0 Å². The van der Waals surface area contributed by atoms with Gasteiger partial charge in [0.1, 0.15) is 5.82 Å². The van der Waals surface area contributed by atoms with Crippen molar-refractivity contribution < 1.29 is 4.39 Å². The first-order chi connectivity index (χ1) is 8.74. The molecule has 4 heteroatoms. The highest BCUT2D eigenvalue weighted by molar-refractivity contribution is 5.80. The van der Waals surface area contributed by atoms with Crippen LogP contribution in [0.4, 0.5) is 4.39 Å². The van der Waals surface area contributed by atoms with E-state index in [9.17, 15) is 4.39 Å². The summed E-state index contributed by atoms with van der Waals surface area (Å²) in [7, 11) is 1.94. The summed E-state index contributed by atoms with van der Waals surface area (Å²) in [5.41, 5.74) is 2.26. The zero-order valence-electron chi connectivity index (χ0n) is 10.2. The first kappa shape index (κ1) is 11.0. The van der Waals surface area contributed by atoms with Crippen LogP contribution in [0.2, 0.25) is 0 Å². The second-order valence-corrected chi connectivity index (χ2v) is 4.41. The maximum absolute atomic E-state index is 13.1. The molecule has 2 aromatic heterocycles. The van der Waals surface area contributed by atoms with E-state index in [0.29, 0.717) is 0 Å². The maximum Gasteiger partial charge on any atom is 0.123 e. The molecule has 3 rings (SSSR count). The van der Waals surface area contributed by atoms with Gasteiger partial charge in [0.2, 0.25) is 0 Å². The van der Waals surface area contributed by atoms with E-state index in [1.54, 1.807) is 12.3 Å². The topological polar surface area (TPSA) is 22.8 Å². The van der Waals surface area contributed by atoms with Gasteiger partial charge in [0, 0.05) is 49.0 Å². The molecule has 2 heterocycles. The summed E-state index contributed by atoms with van der Waals surface area (Å²) in [5.74, 6) is -0.188. The zero-order valence-corrected chi connectivity index (χ0v) is 10.2. The maximum atomic E-state index is 13.1. The van der Waals surface area contributed by atoms with Crippen LogP contribution in [-0.4, -0.2) is 14.3 Å². The second-order valence-electron chi connectivity index (χ2n) is 4.41. The minimum Gasteiger partial charge on any atom is -0.347 e. The summed E-state index contributed by atoms with van der Waals surface area (Å²) in [5, 5.41) is 5.09. The van der Waals surface area contributed by atoms with Gasteiger partial charge in [0.05, 0.1) is 0 Å². The quantitative estimate of drug-likeness (QED) is 0.693. The number of hydrogen-bond donors (Lipinski definition) is 0. The Bertz CT molecular complexity index is 681. The molecule has 0 bridgehead atoms. The largest absolute Gasteiger partial charge is 0.347 e. The van der Waals surface area contributed by atoms with Gasteiger partial charge in [-0.05, 0) is 30.3 Å². The number of hydrogen-bond acceptors (Lipinski definition) is 1. The van der Waals surface area contributed by atoms with E-state index >= 15 is 0 Å². The molecule has 0 fully saturated rings. The Morgan fingerprint density at radius 3 is 2.89 bits per heavy atom. The third kappa shape index (κ3) is 1.90. The van der Waals surface area contributed by atoms with E-state index in [-0.39, 0.29) is 5.82 Å². The van der Waals surface area contributed by atoms with Crippen molar-refractivity contribution in [1.29, 1.82) is 0 Å². The van der Waals surface area contributed by atoms with E-state index in [1.165, 1.54) is 11.8 Å². The van der Waals surface area contributed by atoms with Crippen LogP contribution in [-0.2, 0) is 20.0 Å². The lowest BCUT2D eigenvalue weighted by Crippen LogP contribution is -2.04. The summed E-state index contributed by atoms with van der Waals surface area (Å²) in [4.78, 5) is 0. The summed E-state index contributed by atoms with van der Waals surface area (Å²) in [6.45, 7) is 0.870. The fraction of sp³-hybridized carbons (Fsp3) is 0.214. The van der Waals surface area contributed by atoms with Crippen LogP contribution in [0.1, 0.15) is 5.69 Å². The summed E-state index contributed by atoms with van der Waals surface area (Å²) in [6, 6.07) is 8.86. The molecule has 0 radical (unpaired) electrons. The number of aryl methyl sites for hydroxylation is 3. The molecule has 92 valence electrons. The zero-order chi connectivity index (χ0) is 12.5. The number of halogens is 1. The smallest absolute Gasteiger partial charge is 0.123 e. The highest BCUT2D eigenvalue weighted by Gasteiger charge is 2.04. The van der Waals surface area contributed by atoms with Gasteiger partial charge in [0.15, 0.2) is 0 Å². The predicted octanol–water partition coefficient (Wildman–Crippen LogP) is 2.76. The van der Waals surface area contributed by atoms with E-state index < -0.39 is 0 Å². The van der Waals surface area contributed by atoms with Crippen molar-refractivity contribution >= 4 is 10.9 Å². The molecule has 0 N–H and O–H groups in total. The molecule has 0 aliphatic rings. The summed E-state index contributed by atoms with van der Waals surface area (Å²) >= 11 is 0. The van der Waals surface area contributed by atoms with Crippen LogP contribution in [0.5, 0.6) is 0 Å². The molecule has 1 aromatic carbocycles. The van der Waals surface area contributed by atoms with Gasteiger partial charge in [-0.3, -0.25) is 4.68 Å². The molecule has 3 nitrogen and oxygen atoms in total. The molecule has 0 aliphatic carbocycles. The lowest BCUT2D eigenvalue weighted by Gasteiger charge is -2.06. The number of fused-ring (bicyclic) bond motifs is 1. The Kier molecular flexibility index (Phi) is 2.63. The Labute approximate surface area is 104 Å². The van der Waals surface area contributed by atoms with Gasteiger partial charge in [0.25, 0.3) is 0 Å². The average molecular weight is 243 g/mol. The highest BCUT2D eigenvalue weighted by Crippen LogP contribution is 2.17. The Balaban J connectivity index is 1.85. The number of benzene rings is 1. The normalized spacial score (nSPS) is 11.2. The minimum absolute atomic E-state index is 0.188. The minimum atomic E-state index is -0.188. The van der Waals surface area contributed by atoms with Crippen molar-refractivity contribution in [1.82, 2.24) is 14.3 Å². The molecule has 18 heavy (non-hydrogen) atoms. The monoisotopic (exact) mass is 243 g/mol. The Morgan fingerprint density at radius 1 is 1.22 bits per heavy atom. The molecule has 0 saturated carbocycles. The third-order valence-corrected chi connectivity index (χ3v) is 3.26. The van der Waals surface area contributed by atoms with Crippen LogP contribution < -0.4 is 0 Å². The van der Waals surface area contributed by atoms with Crippen LogP contribution in [0.15, 0.2) is 42.7 Å². The number of nitrogens with zero attached hydrogens (tertiary/aromatic N) is 3. The van der Waals surface area contributed by atoms with E-state index in [2.05, 4.69) is 9.67 Å². The van der Waals surface area contributed by atoms with Crippen molar-refractivity contribution in [3.8, 4) is 0 Å². The fourth-order valence-electron chi connectivity index (χ4n) is 2.25. The van der Waals surface area contributed by atoms with Crippen LogP contribution in [0, 0.1) is 5.82 Å². The van der Waals surface area contributed by atoms with E-state index in [1.807, 2.05) is 36.1 Å². The second kappa shape index (κ2) is 4.29. The van der Waals surface area contributed by atoms with Crippen molar-refractivity contribution in [2.24, 2.45) is 7.05 Å². The van der Waals surface area contributed by atoms with Gasteiger partial charge in [-0.25, -0.2) is 4.39 Å². The first-order valence-corrected chi connectivity index (χ1v) is 5.95. The fourth-order valence-corrected chi connectivity index (χ4v) is 2.25. The number of rotatable bonds is 3. The van der Waals surface area contributed by atoms with Crippen molar-refractivity contribution in [3.63, 3.8) is 0 Å². The lowest BCUT2D eigenvalue weighted by atomic mass is 10.2. The van der Waals surface area contributed by atoms with Crippen molar-refractivity contribution in [2.45, 2.75) is 13.0 Å². The summed E-state index contributed by atoms with van der Waals surface area (Å²) < 4.78 is 17.1. The predicted molar refractivity (Wildman–Crippen MR) is 68.8 cm³/mol. The van der Waals surface area contributed by atoms with E-state index in [0.717, 1.165) is 23.9 Å². The Morgan fingerprint density at radius 2 is 2.11 bits per heavy atom. The lowest BCUT2D eigenvalue weighted by molar-refractivity contribution is 0.628. The standard InChI is InChI=1S/C14H14FN3/c1-17-13(4-7-16-17)6-9-18-8-5-11-10-12(15)2-3-14(11)18/h2-5,7-8,10H,6,9H2,1H3. The van der Waals surface area contributed by atoms with E-state index in [4.69, 9.17) is 0 Å². The molecule has 0 aliphatic heterocycles. The molecule has 0 spiro atoms. The van der Waals surface area contributed by atoms with Gasteiger partial charge in [-0.1, -0.05) is 0 Å².